The summed E-state index contributed by atoms with van der Waals surface area (Å²) < 4.78 is 23.7. The number of likely N-dealkylation sites (tertiary alicyclic amines) is 1. The van der Waals surface area contributed by atoms with Crippen molar-refractivity contribution in [3.8, 4) is 5.75 Å². The van der Waals surface area contributed by atoms with E-state index in [1.807, 2.05) is 29.2 Å². The van der Waals surface area contributed by atoms with Crippen LogP contribution < -0.4 is 4.74 Å². The number of rotatable bonds is 6. The molecule has 0 radical (unpaired) electrons. The first-order valence-corrected chi connectivity index (χ1v) is 9.36. The van der Waals surface area contributed by atoms with Gasteiger partial charge in [0.15, 0.2) is 5.78 Å². The van der Waals surface area contributed by atoms with Crippen molar-refractivity contribution in [2.45, 2.75) is 25.9 Å². The topological polar surface area (TPSA) is 55.8 Å². The molecule has 0 saturated carbocycles. The van der Waals surface area contributed by atoms with Gasteiger partial charge in [-0.1, -0.05) is 24.3 Å². The van der Waals surface area contributed by atoms with E-state index in [9.17, 15) is 14.0 Å². The average molecular weight is 385 g/mol. The van der Waals surface area contributed by atoms with Crippen LogP contribution in [0.25, 0.3) is 0 Å². The van der Waals surface area contributed by atoms with E-state index in [1.165, 1.54) is 12.1 Å². The van der Waals surface area contributed by atoms with Gasteiger partial charge in [-0.25, -0.2) is 4.39 Å². The Morgan fingerprint density at radius 3 is 2.43 bits per heavy atom. The Kier molecular flexibility index (Phi) is 6.41. The summed E-state index contributed by atoms with van der Waals surface area (Å²) in [5.41, 5.74) is 1.70. The second kappa shape index (κ2) is 8.97. The summed E-state index contributed by atoms with van der Waals surface area (Å²) in [6, 6.07) is 12.9. The Hall–Kier alpha value is -2.73. The number of hydrogen-bond acceptors (Lipinski definition) is 5. The molecule has 2 atom stereocenters. The molecule has 2 aromatic rings. The van der Waals surface area contributed by atoms with Gasteiger partial charge in [-0.15, -0.1) is 0 Å². The molecule has 2 unspecified atom stereocenters. The summed E-state index contributed by atoms with van der Waals surface area (Å²) >= 11 is 0. The molecule has 148 valence electrons. The van der Waals surface area contributed by atoms with Crippen molar-refractivity contribution < 1.29 is 23.5 Å². The van der Waals surface area contributed by atoms with Crippen LogP contribution in [0.15, 0.2) is 48.5 Å². The Morgan fingerprint density at radius 1 is 1.14 bits per heavy atom. The van der Waals surface area contributed by atoms with Gasteiger partial charge in [-0.2, -0.15) is 0 Å². The van der Waals surface area contributed by atoms with Crippen molar-refractivity contribution in [1.82, 2.24) is 4.90 Å². The molecule has 1 saturated heterocycles. The minimum absolute atomic E-state index is 0.204. The molecular weight excluding hydrogens is 361 g/mol. The van der Waals surface area contributed by atoms with Crippen molar-refractivity contribution in [2.24, 2.45) is 5.92 Å². The molecule has 0 amide bonds. The van der Waals surface area contributed by atoms with Gasteiger partial charge in [0.1, 0.15) is 17.5 Å². The number of halogens is 1. The third kappa shape index (κ3) is 4.39. The van der Waals surface area contributed by atoms with E-state index < -0.39 is 17.9 Å². The van der Waals surface area contributed by atoms with Crippen LogP contribution in [0.2, 0.25) is 0 Å². The number of Topliss-reactive ketones (excluding diaryl/α,β-unsaturated/α-hetero) is 1. The zero-order valence-corrected chi connectivity index (χ0v) is 16.1. The number of esters is 1. The number of carbonyl (C=O) groups excluding carboxylic acids is 2. The first-order valence-electron chi connectivity index (χ1n) is 9.36. The number of hydrogen-bond donors (Lipinski definition) is 0. The normalized spacial score (nSPS) is 20.0. The molecule has 0 aromatic heterocycles. The van der Waals surface area contributed by atoms with Crippen molar-refractivity contribution >= 4 is 11.8 Å². The molecule has 1 heterocycles. The van der Waals surface area contributed by atoms with Gasteiger partial charge in [0, 0.05) is 13.1 Å². The lowest BCUT2D eigenvalue weighted by Gasteiger charge is -2.37. The molecule has 6 heteroatoms. The number of benzene rings is 2. The summed E-state index contributed by atoms with van der Waals surface area (Å²) in [7, 11) is 1.61. The van der Waals surface area contributed by atoms with Crippen LogP contribution in [0.5, 0.6) is 5.75 Å². The molecule has 2 aromatic carbocycles. The first-order chi connectivity index (χ1) is 13.5. The number of ketones is 1. The Bertz CT molecular complexity index is 819. The standard InChI is InChI=1S/C22H24FNO4/c1-3-28-22(26)19-12-13-24(14-15-4-10-18(27-2)11-5-15)20(21(19)25)16-6-8-17(23)9-7-16/h4-11,19-20H,3,12-14H2,1-2H3. The fraction of sp³-hybridized carbons (Fsp3) is 0.364. The highest BCUT2D eigenvalue weighted by Crippen LogP contribution is 2.33. The molecule has 1 aliphatic heterocycles. The predicted molar refractivity (Wildman–Crippen MR) is 102 cm³/mol. The van der Waals surface area contributed by atoms with E-state index in [1.54, 1.807) is 26.2 Å². The maximum atomic E-state index is 13.4. The maximum Gasteiger partial charge on any atom is 0.316 e. The minimum Gasteiger partial charge on any atom is -0.497 e. The fourth-order valence-corrected chi connectivity index (χ4v) is 3.57. The highest BCUT2D eigenvalue weighted by atomic mass is 19.1. The molecule has 5 nitrogen and oxygen atoms in total. The highest BCUT2D eigenvalue weighted by molar-refractivity contribution is 6.02. The van der Waals surface area contributed by atoms with E-state index in [2.05, 4.69) is 0 Å². The summed E-state index contributed by atoms with van der Waals surface area (Å²) in [5, 5.41) is 0. The number of methoxy groups -OCH3 is 1. The molecule has 1 fully saturated rings. The van der Waals surface area contributed by atoms with Crippen molar-refractivity contribution in [3.05, 3.63) is 65.5 Å². The number of nitrogens with zero attached hydrogens (tertiary/aromatic N) is 1. The Morgan fingerprint density at radius 2 is 1.82 bits per heavy atom. The van der Waals surface area contributed by atoms with Crippen molar-refractivity contribution in [2.75, 3.05) is 20.3 Å². The molecule has 0 N–H and O–H groups in total. The molecule has 1 aliphatic rings. The van der Waals surface area contributed by atoms with Gasteiger partial charge in [0.25, 0.3) is 0 Å². The number of piperidine rings is 1. The van der Waals surface area contributed by atoms with Gasteiger partial charge in [-0.3, -0.25) is 14.5 Å². The molecular formula is C22H24FNO4. The maximum absolute atomic E-state index is 13.4. The van der Waals surface area contributed by atoms with Crippen LogP contribution in [-0.4, -0.2) is 36.9 Å². The van der Waals surface area contributed by atoms with E-state index in [4.69, 9.17) is 9.47 Å². The smallest absolute Gasteiger partial charge is 0.316 e. The van der Waals surface area contributed by atoms with Crippen LogP contribution in [-0.2, 0) is 20.9 Å². The van der Waals surface area contributed by atoms with Crippen LogP contribution in [0.3, 0.4) is 0 Å². The van der Waals surface area contributed by atoms with E-state index in [-0.39, 0.29) is 18.2 Å². The monoisotopic (exact) mass is 385 g/mol. The third-order valence-electron chi connectivity index (χ3n) is 4.98. The summed E-state index contributed by atoms with van der Waals surface area (Å²) in [6.45, 7) is 3.05. The Labute approximate surface area is 164 Å². The molecule has 0 bridgehead atoms. The van der Waals surface area contributed by atoms with Gasteiger partial charge < -0.3 is 9.47 Å². The quantitative estimate of drug-likeness (QED) is 0.562. The molecule has 3 rings (SSSR count). The highest BCUT2D eigenvalue weighted by Gasteiger charge is 2.41. The summed E-state index contributed by atoms with van der Waals surface area (Å²) in [6.07, 6.45) is 0.408. The van der Waals surface area contributed by atoms with Crippen LogP contribution in [0.4, 0.5) is 4.39 Å². The lowest BCUT2D eigenvalue weighted by Crippen LogP contribution is -2.46. The summed E-state index contributed by atoms with van der Waals surface area (Å²) in [4.78, 5) is 27.4. The predicted octanol–water partition coefficient (Wildman–Crippen LogP) is 3.53. The fourth-order valence-electron chi connectivity index (χ4n) is 3.57. The first kappa shape index (κ1) is 20.0. The SMILES string of the molecule is CCOC(=O)C1CCN(Cc2ccc(OC)cc2)C(c2ccc(F)cc2)C1=O. The van der Waals surface area contributed by atoms with E-state index in [0.29, 0.717) is 25.1 Å². The second-order valence-corrected chi connectivity index (χ2v) is 6.77. The zero-order chi connectivity index (χ0) is 20.1. The van der Waals surface area contributed by atoms with E-state index in [0.717, 1.165) is 11.3 Å². The van der Waals surface area contributed by atoms with Gasteiger partial charge >= 0.3 is 5.97 Å². The zero-order valence-electron chi connectivity index (χ0n) is 16.1. The lowest BCUT2D eigenvalue weighted by atomic mass is 9.85. The molecule has 0 aliphatic carbocycles. The third-order valence-corrected chi connectivity index (χ3v) is 4.98. The average Bonchev–Trinajstić information content (AvgIpc) is 2.70. The van der Waals surface area contributed by atoms with Crippen LogP contribution >= 0.6 is 0 Å². The van der Waals surface area contributed by atoms with Crippen molar-refractivity contribution in [3.63, 3.8) is 0 Å². The molecule has 0 spiro atoms. The van der Waals surface area contributed by atoms with E-state index >= 15 is 0 Å². The number of carbonyl (C=O) groups is 2. The van der Waals surface area contributed by atoms with Crippen LogP contribution in [0.1, 0.15) is 30.5 Å². The van der Waals surface area contributed by atoms with Crippen molar-refractivity contribution in [1.29, 1.82) is 0 Å². The van der Waals surface area contributed by atoms with Crippen LogP contribution in [0, 0.1) is 11.7 Å². The van der Waals surface area contributed by atoms with Gasteiger partial charge in [0.05, 0.1) is 19.8 Å². The minimum atomic E-state index is -0.790. The van der Waals surface area contributed by atoms with Gasteiger partial charge in [-0.05, 0) is 48.7 Å². The summed E-state index contributed by atoms with van der Waals surface area (Å²) in [5.74, 6) is -1.08. The Balaban J connectivity index is 1.87. The number of ether oxygens (including phenoxy) is 2. The molecule has 28 heavy (non-hydrogen) atoms. The van der Waals surface area contributed by atoms with Gasteiger partial charge in [0.2, 0.25) is 0 Å². The second-order valence-electron chi connectivity index (χ2n) is 6.77. The lowest BCUT2D eigenvalue weighted by molar-refractivity contribution is -0.155. The largest absolute Gasteiger partial charge is 0.497 e.